The molecule has 4 aromatic rings. The monoisotopic (exact) mass is 494 g/mol. The SMILES string of the molecule is COc1ccc(NC(=O)Cn2c(-c3ccc(C)cc3)nc3c(c2=O)CCN(Cc2ccccc2)C3)cc1. The highest BCUT2D eigenvalue weighted by Gasteiger charge is 2.25. The number of amides is 1. The molecule has 7 heteroatoms. The molecule has 3 aromatic carbocycles. The van der Waals surface area contributed by atoms with E-state index in [-0.39, 0.29) is 18.0 Å². The molecule has 0 fully saturated rings. The Kier molecular flexibility index (Phi) is 7.14. The van der Waals surface area contributed by atoms with E-state index in [0.29, 0.717) is 35.8 Å². The van der Waals surface area contributed by atoms with Crippen LogP contribution in [0.1, 0.15) is 22.4 Å². The molecule has 37 heavy (non-hydrogen) atoms. The molecule has 1 aromatic heterocycles. The van der Waals surface area contributed by atoms with Gasteiger partial charge >= 0.3 is 0 Å². The van der Waals surface area contributed by atoms with Crippen molar-refractivity contribution in [1.29, 1.82) is 0 Å². The van der Waals surface area contributed by atoms with Gasteiger partial charge in [0.15, 0.2) is 0 Å². The van der Waals surface area contributed by atoms with Crippen molar-refractivity contribution in [2.75, 3.05) is 19.0 Å². The van der Waals surface area contributed by atoms with Gasteiger partial charge in [0.1, 0.15) is 18.1 Å². The molecule has 0 atom stereocenters. The standard InChI is InChI=1S/C30H30N4O3/c1-21-8-10-23(11-9-21)29-32-27-19-33(18-22-6-4-3-5-7-22)17-16-26(27)30(36)34(29)20-28(35)31-24-12-14-25(37-2)15-13-24/h3-15H,16-20H2,1-2H3,(H,31,35). The number of rotatable bonds is 7. The van der Waals surface area contributed by atoms with Gasteiger partial charge in [0.2, 0.25) is 5.91 Å². The molecule has 0 saturated heterocycles. The molecule has 0 spiro atoms. The van der Waals surface area contributed by atoms with Gasteiger partial charge < -0.3 is 10.1 Å². The maximum Gasteiger partial charge on any atom is 0.257 e. The molecule has 2 heterocycles. The van der Waals surface area contributed by atoms with Gasteiger partial charge in [-0.2, -0.15) is 0 Å². The fourth-order valence-electron chi connectivity index (χ4n) is 4.65. The third kappa shape index (κ3) is 5.62. The summed E-state index contributed by atoms with van der Waals surface area (Å²) >= 11 is 0. The Hall–Kier alpha value is -4.23. The summed E-state index contributed by atoms with van der Waals surface area (Å²) in [4.78, 5) is 34.0. The van der Waals surface area contributed by atoms with E-state index in [0.717, 1.165) is 29.9 Å². The van der Waals surface area contributed by atoms with Crippen molar-refractivity contribution in [2.45, 2.75) is 33.0 Å². The normalized spacial score (nSPS) is 13.1. The average Bonchev–Trinajstić information content (AvgIpc) is 2.91. The van der Waals surface area contributed by atoms with E-state index in [4.69, 9.17) is 9.72 Å². The second-order valence-electron chi connectivity index (χ2n) is 9.34. The van der Waals surface area contributed by atoms with E-state index in [9.17, 15) is 9.59 Å². The summed E-state index contributed by atoms with van der Waals surface area (Å²) in [5.74, 6) is 0.926. The number of ether oxygens (including phenoxy) is 1. The number of methoxy groups -OCH3 is 1. The van der Waals surface area contributed by atoms with Gasteiger partial charge in [-0.25, -0.2) is 4.98 Å². The van der Waals surface area contributed by atoms with Crippen molar-refractivity contribution in [3.63, 3.8) is 0 Å². The minimum atomic E-state index is -0.288. The summed E-state index contributed by atoms with van der Waals surface area (Å²) in [5.41, 5.74) is 5.12. The number of aryl methyl sites for hydroxylation is 1. The highest BCUT2D eigenvalue weighted by Crippen LogP contribution is 2.23. The lowest BCUT2D eigenvalue weighted by Crippen LogP contribution is -2.39. The topological polar surface area (TPSA) is 76.5 Å². The van der Waals surface area contributed by atoms with E-state index >= 15 is 0 Å². The molecular formula is C30H30N4O3. The lowest BCUT2D eigenvalue weighted by molar-refractivity contribution is -0.116. The predicted molar refractivity (Wildman–Crippen MR) is 145 cm³/mol. The van der Waals surface area contributed by atoms with Gasteiger partial charge in [0, 0.05) is 36.4 Å². The summed E-state index contributed by atoms with van der Waals surface area (Å²) < 4.78 is 6.69. The fourth-order valence-corrected chi connectivity index (χ4v) is 4.65. The van der Waals surface area contributed by atoms with Crippen LogP contribution in [0.3, 0.4) is 0 Å². The van der Waals surface area contributed by atoms with Gasteiger partial charge in [-0.05, 0) is 43.2 Å². The molecule has 5 rings (SSSR count). The van der Waals surface area contributed by atoms with Crippen LogP contribution in [0.15, 0.2) is 83.7 Å². The first-order valence-corrected chi connectivity index (χ1v) is 12.4. The quantitative estimate of drug-likeness (QED) is 0.412. The lowest BCUT2D eigenvalue weighted by atomic mass is 10.0. The summed E-state index contributed by atoms with van der Waals surface area (Å²) in [6.45, 7) is 4.05. The van der Waals surface area contributed by atoms with Gasteiger partial charge in [-0.15, -0.1) is 0 Å². The molecule has 0 radical (unpaired) electrons. The number of aromatic nitrogens is 2. The van der Waals surface area contributed by atoms with E-state index < -0.39 is 0 Å². The predicted octanol–water partition coefficient (Wildman–Crippen LogP) is 4.42. The second kappa shape index (κ2) is 10.8. The van der Waals surface area contributed by atoms with Crippen LogP contribution in [0.25, 0.3) is 11.4 Å². The molecule has 7 nitrogen and oxygen atoms in total. The molecule has 1 aliphatic heterocycles. The number of fused-ring (bicyclic) bond motifs is 1. The summed E-state index contributed by atoms with van der Waals surface area (Å²) in [7, 11) is 1.59. The minimum absolute atomic E-state index is 0.123. The van der Waals surface area contributed by atoms with Crippen LogP contribution >= 0.6 is 0 Å². The van der Waals surface area contributed by atoms with E-state index in [1.165, 1.54) is 10.1 Å². The Labute approximate surface area is 216 Å². The Bertz CT molecular complexity index is 1450. The number of anilines is 1. The zero-order valence-electron chi connectivity index (χ0n) is 21.1. The van der Waals surface area contributed by atoms with Crippen molar-refractivity contribution in [3.8, 4) is 17.1 Å². The van der Waals surface area contributed by atoms with E-state index in [2.05, 4.69) is 22.3 Å². The first kappa shape index (κ1) is 24.5. The first-order valence-electron chi connectivity index (χ1n) is 12.4. The Morgan fingerprint density at radius 2 is 1.73 bits per heavy atom. The van der Waals surface area contributed by atoms with Crippen molar-refractivity contribution < 1.29 is 9.53 Å². The van der Waals surface area contributed by atoms with Crippen LogP contribution in [0.5, 0.6) is 5.75 Å². The number of carbonyl (C=O) groups is 1. The molecule has 0 bridgehead atoms. The van der Waals surface area contributed by atoms with E-state index in [1.54, 1.807) is 31.4 Å². The molecule has 0 unspecified atom stereocenters. The maximum absolute atomic E-state index is 13.7. The zero-order valence-corrected chi connectivity index (χ0v) is 21.1. The van der Waals surface area contributed by atoms with Crippen LogP contribution in [-0.4, -0.2) is 34.0 Å². The van der Waals surface area contributed by atoms with Crippen LogP contribution in [-0.2, 0) is 30.8 Å². The average molecular weight is 495 g/mol. The van der Waals surface area contributed by atoms with Crippen molar-refractivity contribution in [2.24, 2.45) is 0 Å². The first-order chi connectivity index (χ1) is 18.0. The van der Waals surface area contributed by atoms with Crippen LogP contribution < -0.4 is 15.6 Å². The van der Waals surface area contributed by atoms with Gasteiger partial charge in [-0.3, -0.25) is 19.1 Å². The van der Waals surface area contributed by atoms with Gasteiger partial charge in [0.25, 0.3) is 5.56 Å². The van der Waals surface area contributed by atoms with Crippen molar-refractivity contribution in [1.82, 2.24) is 14.5 Å². The summed E-state index contributed by atoms with van der Waals surface area (Å²) in [6, 6.07) is 25.3. The van der Waals surface area contributed by atoms with Crippen molar-refractivity contribution in [3.05, 3.63) is 112 Å². The number of carbonyl (C=O) groups excluding carboxylic acids is 1. The molecule has 1 aliphatic rings. The molecular weight excluding hydrogens is 464 g/mol. The second-order valence-corrected chi connectivity index (χ2v) is 9.34. The number of hydrogen-bond acceptors (Lipinski definition) is 5. The Morgan fingerprint density at radius 1 is 1.00 bits per heavy atom. The molecule has 1 N–H and O–H groups in total. The number of nitrogens with one attached hydrogen (secondary N) is 1. The summed E-state index contributed by atoms with van der Waals surface area (Å²) in [5, 5.41) is 2.88. The van der Waals surface area contributed by atoms with Crippen molar-refractivity contribution >= 4 is 11.6 Å². The van der Waals surface area contributed by atoms with E-state index in [1.807, 2.05) is 49.4 Å². The minimum Gasteiger partial charge on any atom is -0.497 e. The number of nitrogens with zero attached hydrogens (tertiary/aromatic N) is 3. The summed E-state index contributed by atoms with van der Waals surface area (Å²) in [6.07, 6.45) is 0.599. The molecule has 188 valence electrons. The molecule has 0 saturated carbocycles. The molecule has 1 amide bonds. The largest absolute Gasteiger partial charge is 0.497 e. The third-order valence-corrected chi connectivity index (χ3v) is 6.63. The smallest absolute Gasteiger partial charge is 0.257 e. The fraction of sp³-hybridized carbons (Fsp3) is 0.233. The number of benzene rings is 3. The highest BCUT2D eigenvalue weighted by molar-refractivity contribution is 5.90. The highest BCUT2D eigenvalue weighted by atomic mass is 16.5. The third-order valence-electron chi connectivity index (χ3n) is 6.63. The van der Waals surface area contributed by atoms with Crippen LogP contribution in [0.4, 0.5) is 5.69 Å². The van der Waals surface area contributed by atoms with Gasteiger partial charge in [0.05, 0.1) is 12.8 Å². The zero-order chi connectivity index (χ0) is 25.8. The Balaban J connectivity index is 1.45. The van der Waals surface area contributed by atoms with Crippen LogP contribution in [0, 0.1) is 6.92 Å². The van der Waals surface area contributed by atoms with Gasteiger partial charge in [-0.1, -0.05) is 60.2 Å². The molecule has 0 aliphatic carbocycles. The van der Waals surface area contributed by atoms with Crippen LogP contribution in [0.2, 0.25) is 0 Å². The Morgan fingerprint density at radius 3 is 2.43 bits per heavy atom. The number of hydrogen-bond donors (Lipinski definition) is 1. The lowest BCUT2D eigenvalue weighted by Gasteiger charge is -2.29. The maximum atomic E-state index is 13.7.